The third kappa shape index (κ3) is 2.98. The molecular formula is C11H9BrN4O3. The zero-order valence-corrected chi connectivity index (χ0v) is 11.1. The number of nitro benzene ring substituents is 1. The molecule has 1 heterocycles. The summed E-state index contributed by atoms with van der Waals surface area (Å²) in [6.45, 7) is 0. The molecule has 0 aliphatic carbocycles. The van der Waals surface area contributed by atoms with Gasteiger partial charge in [0, 0.05) is 18.3 Å². The highest BCUT2D eigenvalue weighted by Gasteiger charge is 2.18. The molecule has 0 unspecified atom stereocenters. The van der Waals surface area contributed by atoms with E-state index >= 15 is 0 Å². The van der Waals surface area contributed by atoms with Gasteiger partial charge in [-0.3, -0.25) is 10.1 Å². The summed E-state index contributed by atoms with van der Waals surface area (Å²) in [5, 5.41) is 10.9. The molecule has 0 radical (unpaired) electrons. The van der Waals surface area contributed by atoms with E-state index in [2.05, 4.69) is 26.3 Å². The Morgan fingerprint density at radius 1 is 1.42 bits per heavy atom. The zero-order chi connectivity index (χ0) is 13.8. The van der Waals surface area contributed by atoms with Crippen LogP contribution in [0.15, 0.2) is 41.0 Å². The summed E-state index contributed by atoms with van der Waals surface area (Å²) in [5.41, 5.74) is 2.24. The molecule has 2 aromatic rings. The quantitative estimate of drug-likeness (QED) is 0.509. The van der Waals surface area contributed by atoms with Crippen LogP contribution in [0.5, 0.6) is 11.5 Å². The molecule has 8 heteroatoms. The molecule has 1 aromatic carbocycles. The number of nitrogens with zero attached hydrogens (tertiary/aromatic N) is 2. The van der Waals surface area contributed by atoms with Crippen molar-refractivity contribution in [2.24, 2.45) is 5.84 Å². The van der Waals surface area contributed by atoms with Gasteiger partial charge in [0.25, 0.3) is 0 Å². The van der Waals surface area contributed by atoms with Gasteiger partial charge in [-0.25, -0.2) is 10.8 Å². The molecule has 1 aromatic heterocycles. The summed E-state index contributed by atoms with van der Waals surface area (Å²) in [7, 11) is 0. The van der Waals surface area contributed by atoms with E-state index in [1.807, 2.05) is 0 Å². The van der Waals surface area contributed by atoms with Gasteiger partial charge in [-0.05, 0) is 28.1 Å². The van der Waals surface area contributed by atoms with Gasteiger partial charge in [-0.1, -0.05) is 6.07 Å². The number of benzene rings is 1. The van der Waals surface area contributed by atoms with Crippen molar-refractivity contribution >= 4 is 27.4 Å². The number of nitro groups is 1. The van der Waals surface area contributed by atoms with Gasteiger partial charge in [0.15, 0.2) is 0 Å². The fourth-order valence-electron chi connectivity index (χ4n) is 1.41. The third-order valence-corrected chi connectivity index (χ3v) is 2.87. The highest BCUT2D eigenvalue weighted by molar-refractivity contribution is 9.10. The van der Waals surface area contributed by atoms with Crippen LogP contribution in [0.3, 0.4) is 0 Å². The van der Waals surface area contributed by atoms with E-state index in [0.717, 1.165) is 0 Å². The predicted octanol–water partition coefficient (Wildman–Crippen LogP) is 2.83. The zero-order valence-electron chi connectivity index (χ0n) is 9.54. The first-order valence-corrected chi connectivity index (χ1v) is 5.94. The van der Waals surface area contributed by atoms with Gasteiger partial charge in [-0.15, -0.1) is 0 Å². The fraction of sp³-hybridized carbons (Fsp3) is 0. The minimum atomic E-state index is -0.511. The molecule has 0 bridgehead atoms. The van der Waals surface area contributed by atoms with Gasteiger partial charge in [0.1, 0.15) is 11.6 Å². The smallest absolute Gasteiger partial charge is 0.312 e. The topological polar surface area (TPSA) is 103 Å². The van der Waals surface area contributed by atoms with Crippen LogP contribution in [0, 0.1) is 10.1 Å². The lowest BCUT2D eigenvalue weighted by atomic mass is 10.3. The van der Waals surface area contributed by atoms with Crippen molar-refractivity contribution in [3.05, 3.63) is 51.1 Å². The summed E-state index contributed by atoms with van der Waals surface area (Å²) in [6.07, 6.45) is 1.48. The molecule has 0 spiro atoms. The molecule has 3 N–H and O–H groups in total. The molecule has 0 saturated carbocycles. The number of halogens is 1. The highest BCUT2D eigenvalue weighted by Crippen LogP contribution is 2.38. The maximum absolute atomic E-state index is 10.9. The average Bonchev–Trinajstić information content (AvgIpc) is 2.41. The van der Waals surface area contributed by atoms with Crippen LogP contribution < -0.4 is 16.0 Å². The number of para-hydroxylation sites is 1. The molecule has 0 fully saturated rings. The van der Waals surface area contributed by atoms with Crippen molar-refractivity contribution < 1.29 is 9.66 Å². The Morgan fingerprint density at radius 3 is 2.89 bits per heavy atom. The predicted molar refractivity (Wildman–Crippen MR) is 72.9 cm³/mol. The third-order valence-electron chi connectivity index (χ3n) is 2.24. The molecule has 98 valence electrons. The normalized spacial score (nSPS) is 10.0. The SMILES string of the molecule is NNc1cc(Oc2c(Br)cccc2[N+](=O)[O-])ccn1. The van der Waals surface area contributed by atoms with Crippen LogP contribution in [0.4, 0.5) is 11.5 Å². The first-order valence-electron chi connectivity index (χ1n) is 5.15. The number of anilines is 1. The molecule has 0 aliphatic rings. The van der Waals surface area contributed by atoms with Gasteiger partial charge in [0.2, 0.25) is 5.75 Å². The Bertz CT molecular complexity index is 621. The molecule has 0 amide bonds. The second-order valence-corrected chi connectivity index (χ2v) is 4.32. The van der Waals surface area contributed by atoms with Gasteiger partial charge in [0.05, 0.1) is 9.40 Å². The van der Waals surface area contributed by atoms with Crippen molar-refractivity contribution in [1.82, 2.24) is 4.98 Å². The Morgan fingerprint density at radius 2 is 2.21 bits per heavy atom. The van der Waals surface area contributed by atoms with Crippen LogP contribution in [-0.4, -0.2) is 9.91 Å². The number of ether oxygens (including phenoxy) is 1. The summed E-state index contributed by atoms with van der Waals surface area (Å²) in [6, 6.07) is 7.69. The van der Waals surface area contributed by atoms with Crippen molar-refractivity contribution in [1.29, 1.82) is 0 Å². The minimum absolute atomic E-state index is 0.127. The van der Waals surface area contributed by atoms with Crippen LogP contribution in [0.1, 0.15) is 0 Å². The molecule has 2 rings (SSSR count). The molecule has 0 atom stereocenters. The summed E-state index contributed by atoms with van der Waals surface area (Å²) >= 11 is 3.22. The number of hydrogen-bond acceptors (Lipinski definition) is 6. The Hall–Kier alpha value is -2.19. The van der Waals surface area contributed by atoms with Crippen LogP contribution in [0.25, 0.3) is 0 Å². The largest absolute Gasteiger partial charge is 0.449 e. The van der Waals surface area contributed by atoms with Crippen LogP contribution in [-0.2, 0) is 0 Å². The maximum atomic E-state index is 10.9. The second kappa shape index (κ2) is 5.63. The van der Waals surface area contributed by atoms with E-state index in [-0.39, 0.29) is 11.4 Å². The summed E-state index contributed by atoms with van der Waals surface area (Å²) in [4.78, 5) is 14.4. The van der Waals surface area contributed by atoms with Gasteiger partial charge < -0.3 is 10.2 Å². The lowest BCUT2D eigenvalue weighted by Gasteiger charge is -2.08. The number of hydrogen-bond donors (Lipinski definition) is 2. The Balaban J connectivity index is 2.40. The van der Waals surface area contributed by atoms with Crippen LogP contribution >= 0.6 is 15.9 Å². The standard InChI is InChI=1S/C11H9BrN4O3/c12-8-2-1-3-9(16(17)18)11(8)19-7-4-5-14-10(6-7)15-13/h1-6H,13H2,(H,14,15). The Kier molecular flexibility index (Phi) is 3.93. The van der Waals surface area contributed by atoms with Crippen molar-refractivity contribution in [3.8, 4) is 11.5 Å². The molecule has 0 aliphatic heterocycles. The number of pyridine rings is 1. The lowest BCUT2D eigenvalue weighted by Crippen LogP contribution is -2.08. The number of rotatable bonds is 4. The van der Waals surface area contributed by atoms with Gasteiger partial charge >= 0.3 is 5.69 Å². The summed E-state index contributed by atoms with van der Waals surface area (Å²) < 4.78 is 6.01. The maximum Gasteiger partial charge on any atom is 0.312 e. The van der Waals surface area contributed by atoms with Crippen molar-refractivity contribution in [3.63, 3.8) is 0 Å². The monoisotopic (exact) mass is 324 g/mol. The van der Waals surface area contributed by atoms with E-state index in [1.165, 1.54) is 18.3 Å². The molecular weight excluding hydrogens is 316 g/mol. The van der Waals surface area contributed by atoms with Crippen LogP contribution in [0.2, 0.25) is 0 Å². The number of aromatic nitrogens is 1. The summed E-state index contributed by atoms with van der Waals surface area (Å²) in [5.74, 6) is 6.14. The number of nitrogens with one attached hydrogen (secondary N) is 1. The fourth-order valence-corrected chi connectivity index (χ4v) is 1.85. The second-order valence-electron chi connectivity index (χ2n) is 3.47. The van der Waals surface area contributed by atoms with E-state index in [0.29, 0.717) is 16.0 Å². The molecule has 19 heavy (non-hydrogen) atoms. The van der Waals surface area contributed by atoms with E-state index in [9.17, 15) is 10.1 Å². The molecule has 0 saturated heterocycles. The number of nitrogens with two attached hydrogens (primary N) is 1. The van der Waals surface area contributed by atoms with E-state index < -0.39 is 4.92 Å². The van der Waals surface area contributed by atoms with Gasteiger partial charge in [-0.2, -0.15) is 0 Å². The Labute approximate surface area is 116 Å². The number of nitrogen functional groups attached to an aromatic ring is 1. The molecule has 7 nitrogen and oxygen atoms in total. The van der Waals surface area contributed by atoms with E-state index in [4.69, 9.17) is 10.6 Å². The van der Waals surface area contributed by atoms with E-state index in [1.54, 1.807) is 18.2 Å². The van der Waals surface area contributed by atoms with Crippen molar-refractivity contribution in [2.45, 2.75) is 0 Å². The first-order chi connectivity index (χ1) is 9.11. The highest BCUT2D eigenvalue weighted by atomic mass is 79.9. The van der Waals surface area contributed by atoms with Crippen molar-refractivity contribution in [2.75, 3.05) is 5.43 Å². The minimum Gasteiger partial charge on any atom is -0.449 e. The first kappa shape index (κ1) is 13.2. The lowest BCUT2D eigenvalue weighted by molar-refractivity contribution is -0.385. The number of hydrazine groups is 1. The average molecular weight is 325 g/mol.